The average molecular weight is 306 g/mol. The number of aromatic hydroxyl groups is 1. The van der Waals surface area contributed by atoms with Crippen LogP contribution >= 0.6 is 15.9 Å². The Morgan fingerprint density at radius 3 is 2.44 bits per heavy atom. The summed E-state index contributed by atoms with van der Waals surface area (Å²) >= 11 is 3.53. The summed E-state index contributed by atoms with van der Waals surface area (Å²) in [5, 5.41) is 12.6. The van der Waals surface area contributed by atoms with E-state index in [1.54, 1.807) is 12.1 Å². The maximum Gasteiger partial charge on any atom is 0.115 e. The Morgan fingerprint density at radius 1 is 1.00 bits per heavy atom. The number of hydrogen-bond donors (Lipinski definition) is 2. The zero-order valence-electron chi connectivity index (χ0n) is 10.1. The highest BCUT2D eigenvalue weighted by Crippen LogP contribution is 2.15. The van der Waals surface area contributed by atoms with Crippen molar-refractivity contribution < 1.29 is 5.11 Å². The molecule has 0 saturated carbocycles. The molecule has 0 aliphatic heterocycles. The van der Waals surface area contributed by atoms with Gasteiger partial charge >= 0.3 is 0 Å². The lowest BCUT2D eigenvalue weighted by Gasteiger charge is -2.07. The fourth-order valence-electron chi connectivity index (χ4n) is 1.76. The summed E-state index contributed by atoms with van der Waals surface area (Å²) in [5.74, 6) is 0.319. The molecule has 0 aliphatic carbocycles. The lowest BCUT2D eigenvalue weighted by molar-refractivity contribution is 0.475. The van der Waals surface area contributed by atoms with E-state index >= 15 is 0 Å². The lowest BCUT2D eigenvalue weighted by Crippen LogP contribution is -2.16. The molecule has 18 heavy (non-hydrogen) atoms. The molecule has 2 N–H and O–H groups in total. The predicted molar refractivity (Wildman–Crippen MR) is 77.7 cm³/mol. The molecule has 0 saturated heterocycles. The fourth-order valence-corrected chi connectivity index (χ4v) is 2.19. The molecule has 2 nitrogen and oxygen atoms in total. The number of phenolic OH excluding ortho intramolecular Hbond substituents is 1. The van der Waals surface area contributed by atoms with Crippen molar-refractivity contribution in [3.05, 3.63) is 64.1 Å². The number of phenols is 1. The number of rotatable bonds is 5. The van der Waals surface area contributed by atoms with Crippen LogP contribution < -0.4 is 5.32 Å². The lowest BCUT2D eigenvalue weighted by atomic mass is 10.1. The first-order valence-corrected chi connectivity index (χ1v) is 6.77. The molecule has 0 bridgehead atoms. The molecule has 0 aromatic heterocycles. The van der Waals surface area contributed by atoms with Crippen LogP contribution in [-0.4, -0.2) is 11.7 Å². The third-order valence-corrected chi connectivity index (χ3v) is 3.57. The molecular weight excluding hydrogens is 290 g/mol. The molecule has 0 fully saturated rings. The maximum atomic E-state index is 9.19. The van der Waals surface area contributed by atoms with Crippen molar-refractivity contribution >= 4 is 15.9 Å². The number of benzene rings is 2. The van der Waals surface area contributed by atoms with Gasteiger partial charge in [-0.2, -0.15) is 0 Å². The normalized spacial score (nSPS) is 10.5. The molecule has 2 rings (SSSR count). The van der Waals surface area contributed by atoms with Crippen molar-refractivity contribution in [3.8, 4) is 5.75 Å². The standard InChI is InChI=1S/C15H16BrNO/c16-15-4-2-1-3-13(15)11-17-10-9-12-5-7-14(18)8-6-12/h1-8,17-18H,9-11H2. The Bertz CT molecular complexity index is 496. The molecule has 2 aromatic rings. The highest BCUT2D eigenvalue weighted by Gasteiger charge is 1.98. The van der Waals surface area contributed by atoms with Crippen LogP contribution in [0, 0.1) is 0 Å². The van der Waals surface area contributed by atoms with Crippen LogP contribution in [0.1, 0.15) is 11.1 Å². The SMILES string of the molecule is Oc1ccc(CCNCc2ccccc2Br)cc1. The second kappa shape index (κ2) is 6.57. The van der Waals surface area contributed by atoms with Gasteiger partial charge in [-0.15, -0.1) is 0 Å². The van der Waals surface area contributed by atoms with Gasteiger partial charge in [0.25, 0.3) is 0 Å². The van der Waals surface area contributed by atoms with E-state index in [0.717, 1.165) is 24.0 Å². The smallest absolute Gasteiger partial charge is 0.115 e. The van der Waals surface area contributed by atoms with Gasteiger partial charge in [-0.25, -0.2) is 0 Å². The molecule has 94 valence electrons. The Hall–Kier alpha value is -1.32. The topological polar surface area (TPSA) is 32.3 Å². The van der Waals surface area contributed by atoms with E-state index < -0.39 is 0 Å². The largest absolute Gasteiger partial charge is 0.508 e. The van der Waals surface area contributed by atoms with Gasteiger partial charge in [0.2, 0.25) is 0 Å². The monoisotopic (exact) mass is 305 g/mol. The Balaban J connectivity index is 1.76. The zero-order chi connectivity index (χ0) is 12.8. The van der Waals surface area contributed by atoms with E-state index in [-0.39, 0.29) is 0 Å². The Labute approximate surface area is 116 Å². The van der Waals surface area contributed by atoms with Crippen LogP contribution in [0.25, 0.3) is 0 Å². The first kappa shape index (κ1) is 13.1. The third kappa shape index (κ3) is 3.86. The van der Waals surface area contributed by atoms with Crippen molar-refractivity contribution in [2.75, 3.05) is 6.54 Å². The predicted octanol–water partition coefficient (Wildman–Crippen LogP) is 3.49. The molecule has 0 aliphatic rings. The molecule has 0 atom stereocenters. The van der Waals surface area contributed by atoms with Crippen LogP contribution in [-0.2, 0) is 13.0 Å². The van der Waals surface area contributed by atoms with E-state index in [0.29, 0.717) is 5.75 Å². The van der Waals surface area contributed by atoms with Crippen LogP contribution in [0.2, 0.25) is 0 Å². The molecular formula is C15H16BrNO. The van der Waals surface area contributed by atoms with Gasteiger partial charge in [-0.05, 0) is 42.3 Å². The van der Waals surface area contributed by atoms with Gasteiger partial charge in [0.15, 0.2) is 0 Å². The van der Waals surface area contributed by atoms with Crippen molar-refractivity contribution in [1.29, 1.82) is 0 Å². The summed E-state index contributed by atoms with van der Waals surface area (Å²) in [6.45, 7) is 1.78. The van der Waals surface area contributed by atoms with Crippen molar-refractivity contribution in [3.63, 3.8) is 0 Å². The molecule has 0 unspecified atom stereocenters. The fraction of sp³-hybridized carbons (Fsp3) is 0.200. The van der Waals surface area contributed by atoms with Gasteiger partial charge in [-0.3, -0.25) is 0 Å². The highest BCUT2D eigenvalue weighted by molar-refractivity contribution is 9.10. The van der Waals surface area contributed by atoms with Gasteiger partial charge in [0.05, 0.1) is 0 Å². The van der Waals surface area contributed by atoms with Crippen LogP contribution in [0.3, 0.4) is 0 Å². The molecule has 2 aromatic carbocycles. The van der Waals surface area contributed by atoms with E-state index in [4.69, 9.17) is 0 Å². The molecule has 0 spiro atoms. The van der Waals surface area contributed by atoms with E-state index in [1.807, 2.05) is 24.3 Å². The van der Waals surface area contributed by atoms with E-state index in [2.05, 4.69) is 33.4 Å². The minimum absolute atomic E-state index is 0.319. The molecule has 3 heteroatoms. The van der Waals surface area contributed by atoms with Crippen molar-refractivity contribution in [1.82, 2.24) is 5.32 Å². The summed E-state index contributed by atoms with van der Waals surface area (Å²) in [4.78, 5) is 0. The minimum Gasteiger partial charge on any atom is -0.508 e. The third-order valence-electron chi connectivity index (χ3n) is 2.80. The summed E-state index contributed by atoms with van der Waals surface area (Å²) < 4.78 is 1.14. The van der Waals surface area contributed by atoms with Gasteiger partial charge in [0.1, 0.15) is 5.75 Å². The summed E-state index contributed by atoms with van der Waals surface area (Å²) in [5.41, 5.74) is 2.50. The minimum atomic E-state index is 0.319. The summed E-state index contributed by atoms with van der Waals surface area (Å²) in [7, 11) is 0. The van der Waals surface area contributed by atoms with Gasteiger partial charge in [0, 0.05) is 11.0 Å². The average Bonchev–Trinajstić information content (AvgIpc) is 2.39. The van der Waals surface area contributed by atoms with Crippen molar-refractivity contribution in [2.45, 2.75) is 13.0 Å². The summed E-state index contributed by atoms with van der Waals surface area (Å²) in [6, 6.07) is 15.6. The highest BCUT2D eigenvalue weighted by atomic mass is 79.9. The molecule has 0 amide bonds. The Morgan fingerprint density at radius 2 is 1.72 bits per heavy atom. The first-order chi connectivity index (χ1) is 8.75. The summed E-state index contributed by atoms with van der Waals surface area (Å²) in [6.07, 6.45) is 0.963. The molecule has 0 heterocycles. The quantitative estimate of drug-likeness (QED) is 0.829. The number of halogens is 1. The van der Waals surface area contributed by atoms with Gasteiger partial charge < -0.3 is 10.4 Å². The molecule has 0 radical (unpaired) electrons. The van der Waals surface area contributed by atoms with Crippen LogP contribution in [0.5, 0.6) is 5.75 Å². The Kier molecular flexibility index (Phi) is 4.79. The van der Waals surface area contributed by atoms with Crippen LogP contribution in [0.4, 0.5) is 0 Å². The first-order valence-electron chi connectivity index (χ1n) is 5.98. The van der Waals surface area contributed by atoms with E-state index in [1.165, 1.54) is 11.1 Å². The second-order valence-corrected chi connectivity index (χ2v) is 5.04. The van der Waals surface area contributed by atoms with Crippen molar-refractivity contribution in [2.24, 2.45) is 0 Å². The zero-order valence-corrected chi connectivity index (χ0v) is 11.7. The van der Waals surface area contributed by atoms with E-state index in [9.17, 15) is 5.11 Å². The number of nitrogens with one attached hydrogen (secondary N) is 1. The maximum absolute atomic E-state index is 9.19. The second-order valence-electron chi connectivity index (χ2n) is 4.18. The van der Waals surface area contributed by atoms with Crippen LogP contribution in [0.15, 0.2) is 53.0 Å². The number of hydrogen-bond acceptors (Lipinski definition) is 2. The van der Waals surface area contributed by atoms with Gasteiger partial charge in [-0.1, -0.05) is 46.3 Å².